The van der Waals surface area contributed by atoms with Gasteiger partial charge < -0.3 is 5.73 Å². The Morgan fingerprint density at radius 1 is 1.00 bits per heavy atom. The molecule has 1 nitrogen and oxygen atoms in total. The van der Waals surface area contributed by atoms with E-state index in [2.05, 4.69) is 56.3 Å². The second-order valence-electron chi connectivity index (χ2n) is 5.23. The van der Waals surface area contributed by atoms with Crippen molar-refractivity contribution in [2.24, 2.45) is 11.7 Å². The molecule has 0 aliphatic heterocycles. The van der Waals surface area contributed by atoms with Crippen molar-refractivity contribution >= 4 is 10.8 Å². The minimum atomic E-state index is 0.265. The van der Waals surface area contributed by atoms with Crippen LogP contribution in [0.2, 0.25) is 0 Å². The van der Waals surface area contributed by atoms with Gasteiger partial charge in [-0.3, -0.25) is 0 Å². The van der Waals surface area contributed by atoms with Gasteiger partial charge in [-0.15, -0.1) is 0 Å². The number of hydrogen-bond donors (Lipinski definition) is 1. The fourth-order valence-electron chi connectivity index (χ4n) is 2.44. The third-order valence-corrected chi connectivity index (χ3v) is 3.14. The van der Waals surface area contributed by atoms with Gasteiger partial charge in [0.15, 0.2) is 0 Å². The van der Waals surface area contributed by atoms with Gasteiger partial charge in [-0.2, -0.15) is 0 Å². The van der Waals surface area contributed by atoms with Crippen molar-refractivity contribution in [1.82, 2.24) is 0 Å². The maximum Gasteiger partial charge on any atom is 0.00819 e. The van der Waals surface area contributed by atoms with Gasteiger partial charge in [0.05, 0.1) is 0 Å². The molecule has 0 amide bonds. The van der Waals surface area contributed by atoms with Gasteiger partial charge >= 0.3 is 0 Å². The van der Waals surface area contributed by atoms with Gasteiger partial charge in [0, 0.05) is 6.04 Å². The molecular weight excluding hydrogens is 206 g/mol. The maximum atomic E-state index is 6.20. The van der Waals surface area contributed by atoms with Gasteiger partial charge in [-0.25, -0.2) is 0 Å². The zero-order valence-corrected chi connectivity index (χ0v) is 10.7. The molecule has 0 aromatic heterocycles. The van der Waals surface area contributed by atoms with E-state index < -0.39 is 0 Å². The average molecular weight is 227 g/mol. The summed E-state index contributed by atoms with van der Waals surface area (Å²) in [6.07, 6.45) is 2.06. The minimum Gasteiger partial charge on any atom is -0.327 e. The van der Waals surface area contributed by atoms with Gasteiger partial charge in [-0.05, 0) is 35.1 Å². The molecule has 0 saturated heterocycles. The van der Waals surface area contributed by atoms with Crippen LogP contribution in [0.1, 0.15) is 25.8 Å². The Morgan fingerprint density at radius 2 is 1.71 bits per heavy atom. The van der Waals surface area contributed by atoms with E-state index in [9.17, 15) is 0 Å². The van der Waals surface area contributed by atoms with E-state index in [1.54, 1.807) is 0 Å². The van der Waals surface area contributed by atoms with Crippen molar-refractivity contribution in [3.05, 3.63) is 48.0 Å². The molecule has 1 atom stereocenters. The summed E-state index contributed by atoms with van der Waals surface area (Å²) in [5.41, 5.74) is 7.57. The number of nitrogens with two attached hydrogens (primary N) is 1. The molecule has 2 N–H and O–H groups in total. The van der Waals surface area contributed by atoms with Crippen LogP contribution in [0.4, 0.5) is 0 Å². The van der Waals surface area contributed by atoms with Gasteiger partial charge in [0.1, 0.15) is 0 Å². The highest BCUT2D eigenvalue weighted by Crippen LogP contribution is 2.20. The highest BCUT2D eigenvalue weighted by Gasteiger charge is 2.08. The Balaban J connectivity index is 2.24. The van der Waals surface area contributed by atoms with Gasteiger partial charge in [0.25, 0.3) is 0 Å². The Bertz CT molecular complexity index is 482. The fraction of sp³-hybridized carbons (Fsp3) is 0.375. The summed E-state index contributed by atoms with van der Waals surface area (Å²) < 4.78 is 0. The third kappa shape index (κ3) is 3.07. The molecule has 1 heteroatoms. The van der Waals surface area contributed by atoms with Crippen LogP contribution in [0.3, 0.4) is 0 Å². The van der Waals surface area contributed by atoms with Gasteiger partial charge in [-0.1, -0.05) is 56.3 Å². The number of fused-ring (bicyclic) bond motifs is 1. The molecule has 17 heavy (non-hydrogen) atoms. The number of hydrogen-bond acceptors (Lipinski definition) is 1. The van der Waals surface area contributed by atoms with E-state index in [1.165, 1.54) is 16.3 Å². The topological polar surface area (TPSA) is 26.0 Å². The zero-order chi connectivity index (χ0) is 12.3. The molecule has 1 unspecified atom stereocenters. The van der Waals surface area contributed by atoms with Crippen molar-refractivity contribution in [2.45, 2.75) is 32.7 Å². The van der Waals surface area contributed by atoms with Crippen molar-refractivity contribution < 1.29 is 0 Å². The first-order chi connectivity index (χ1) is 8.16. The molecule has 0 fully saturated rings. The normalized spacial score (nSPS) is 13.2. The maximum absolute atomic E-state index is 6.20. The zero-order valence-electron chi connectivity index (χ0n) is 10.7. The van der Waals surface area contributed by atoms with Crippen LogP contribution < -0.4 is 5.73 Å². The van der Waals surface area contributed by atoms with Crippen molar-refractivity contribution in [3.8, 4) is 0 Å². The van der Waals surface area contributed by atoms with E-state index in [-0.39, 0.29) is 6.04 Å². The monoisotopic (exact) mass is 227 g/mol. The molecule has 0 spiro atoms. The summed E-state index contributed by atoms with van der Waals surface area (Å²) >= 11 is 0. The lowest BCUT2D eigenvalue weighted by Gasteiger charge is -2.15. The van der Waals surface area contributed by atoms with Crippen LogP contribution in [0.5, 0.6) is 0 Å². The van der Waals surface area contributed by atoms with Crippen LogP contribution in [0.15, 0.2) is 42.5 Å². The summed E-state index contributed by atoms with van der Waals surface area (Å²) in [5, 5.41) is 2.65. The van der Waals surface area contributed by atoms with Crippen LogP contribution in [0, 0.1) is 5.92 Å². The molecule has 0 aliphatic carbocycles. The predicted octanol–water partition coefficient (Wildman–Crippen LogP) is 3.76. The molecule has 2 aromatic rings. The summed E-state index contributed by atoms with van der Waals surface area (Å²) in [6.45, 7) is 4.45. The first-order valence-corrected chi connectivity index (χ1v) is 6.39. The van der Waals surface area contributed by atoms with Crippen molar-refractivity contribution in [1.29, 1.82) is 0 Å². The van der Waals surface area contributed by atoms with E-state index in [0.717, 1.165) is 12.8 Å². The lowest BCUT2D eigenvalue weighted by molar-refractivity contribution is 0.494. The SMILES string of the molecule is CC(C)CC(N)Cc1cccc2ccccc12. The summed E-state index contributed by atoms with van der Waals surface area (Å²) in [7, 11) is 0. The van der Waals surface area contributed by atoms with Crippen LogP contribution >= 0.6 is 0 Å². The van der Waals surface area contributed by atoms with E-state index in [1.807, 2.05) is 0 Å². The van der Waals surface area contributed by atoms with Gasteiger partial charge in [0.2, 0.25) is 0 Å². The summed E-state index contributed by atoms with van der Waals surface area (Å²) in [6, 6.07) is 15.3. The Labute approximate surface area is 104 Å². The van der Waals surface area contributed by atoms with Crippen LogP contribution in [-0.4, -0.2) is 6.04 Å². The molecule has 90 valence electrons. The largest absolute Gasteiger partial charge is 0.327 e. The van der Waals surface area contributed by atoms with E-state index >= 15 is 0 Å². The lowest BCUT2D eigenvalue weighted by atomic mass is 9.95. The standard InChI is InChI=1S/C16H21N/c1-12(2)10-15(17)11-14-8-5-7-13-6-3-4-9-16(13)14/h3-9,12,15H,10-11,17H2,1-2H3. The molecule has 2 aromatic carbocycles. The molecular formula is C16H21N. The van der Waals surface area contributed by atoms with E-state index in [4.69, 9.17) is 5.73 Å². The molecule has 0 heterocycles. The highest BCUT2D eigenvalue weighted by molar-refractivity contribution is 5.85. The van der Waals surface area contributed by atoms with Crippen LogP contribution in [0.25, 0.3) is 10.8 Å². The lowest BCUT2D eigenvalue weighted by Crippen LogP contribution is -2.24. The first-order valence-electron chi connectivity index (χ1n) is 6.39. The summed E-state index contributed by atoms with van der Waals surface area (Å²) in [4.78, 5) is 0. The van der Waals surface area contributed by atoms with Crippen LogP contribution in [-0.2, 0) is 6.42 Å². The number of benzene rings is 2. The Morgan fingerprint density at radius 3 is 2.47 bits per heavy atom. The molecule has 0 aliphatic rings. The quantitative estimate of drug-likeness (QED) is 0.845. The molecule has 0 saturated carbocycles. The van der Waals surface area contributed by atoms with E-state index in [0.29, 0.717) is 5.92 Å². The predicted molar refractivity (Wildman–Crippen MR) is 75.1 cm³/mol. The van der Waals surface area contributed by atoms with Crippen molar-refractivity contribution in [3.63, 3.8) is 0 Å². The average Bonchev–Trinajstić information content (AvgIpc) is 2.28. The highest BCUT2D eigenvalue weighted by atomic mass is 14.6. The molecule has 0 radical (unpaired) electrons. The van der Waals surface area contributed by atoms with Crippen molar-refractivity contribution in [2.75, 3.05) is 0 Å². The fourth-order valence-corrected chi connectivity index (χ4v) is 2.44. The Hall–Kier alpha value is -1.34. The molecule has 0 bridgehead atoms. The second-order valence-corrected chi connectivity index (χ2v) is 5.23. The second kappa shape index (κ2) is 5.33. The minimum absolute atomic E-state index is 0.265. The third-order valence-electron chi connectivity index (χ3n) is 3.14. The first kappa shape index (κ1) is 12.1. The number of rotatable bonds is 4. The summed E-state index contributed by atoms with van der Waals surface area (Å²) in [5.74, 6) is 0.667. The Kier molecular flexibility index (Phi) is 3.80. The molecule has 2 rings (SSSR count). The smallest absolute Gasteiger partial charge is 0.00819 e.